The van der Waals surface area contributed by atoms with E-state index in [0.29, 0.717) is 53.0 Å². The third-order valence-corrected chi connectivity index (χ3v) is 6.38. The van der Waals surface area contributed by atoms with Gasteiger partial charge in [-0.1, -0.05) is 29.3 Å². The molecule has 0 bridgehead atoms. The first kappa shape index (κ1) is 27.8. The van der Waals surface area contributed by atoms with Crippen LogP contribution >= 0.6 is 23.2 Å². The van der Waals surface area contributed by atoms with Crippen LogP contribution in [0.15, 0.2) is 83.9 Å². The Morgan fingerprint density at radius 1 is 0.974 bits per heavy atom. The Morgan fingerprint density at radius 2 is 1.82 bits per heavy atom. The predicted octanol–water partition coefficient (Wildman–Crippen LogP) is 5.65. The summed E-state index contributed by atoms with van der Waals surface area (Å²) in [4.78, 5) is 41.3. The molecule has 4 amide bonds. The van der Waals surface area contributed by atoms with E-state index in [1.807, 2.05) is 19.1 Å². The average molecular weight is 568 g/mol. The van der Waals surface area contributed by atoms with Crippen molar-refractivity contribution >= 4 is 52.4 Å². The van der Waals surface area contributed by atoms with Gasteiger partial charge in [-0.15, -0.1) is 0 Å². The monoisotopic (exact) mass is 567 g/mol. The minimum absolute atomic E-state index is 0.125. The largest absolute Gasteiger partial charge is 0.459 e. The van der Waals surface area contributed by atoms with Crippen LogP contribution < -0.4 is 20.9 Å². The van der Waals surface area contributed by atoms with Crippen molar-refractivity contribution in [3.63, 3.8) is 0 Å². The van der Waals surface area contributed by atoms with Crippen LogP contribution in [0.4, 0.5) is 16.2 Å². The Kier molecular flexibility index (Phi) is 9.30. The maximum atomic E-state index is 13.0. The number of nitrogens with zero attached hydrogens (tertiary/aromatic N) is 2. The molecule has 1 aliphatic rings. The van der Waals surface area contributed by atoms with Crippen molar-refractivity contribution in [1.29, 1.82) is 0 Å². The number of rotatable bonds is 8. The van der Waals surface area contributed by atoms with Crippen molar-refractivity contribution in [3.8, 4) is 0 Å². The van der Waals surface area contributed by atoms with Crippen molar-refractivity contribution in [1.82, 2.24) is 15.5 Å². The van der Waals surface area contributed by atoms with Crippen LogP contribution in [0.5, 0.6) is 0 Å². The van der Waals surface area contributed by atoms with Gasteiger partial charge >= 0.3 is 6.03 Å². The van der Waals surface area contributed by atoms with Gasteiger partial charge in [-0.25, -0.2) is 4.79 Å². The second-order valence-electron chi connectivity index (χ2n) is 8.48. The molecule has 3 N–H and O–H groups in total. The molecule has 0 unspecified atom stereocenters. The van der Waals surface area contributed by atoms with Gasteiger partial charge in [0.1, 0.15) is 0 Å². The standard InChI is InChI=1S/C28H27Cl2N5O4/c1-2-31-28(38)35-13-4-12-34(14-15-35)24-9-7-20(17-23(24)33-27(37)25-5-3-16-39-25)26(36)32-11-10-19-6-8-21(29)18-22(19)30/h3-9,12,14-18H,2,10-11,13H2,1H3,(H,31,38)(H,32,36)(H,33,37). The molecule has 0 fully saturated rings. The molecule has 2 aromatic carbocycles. The van der Waals surface area contributed by atoms with Gasteiger partial charge in [0, 0.05) is 53.8 Å². The first-order valence-corrected chi connectivity index (χ1v) is 13.0. The topological polar surface area (TPSA) is 107 Å². The van der Waals surface area contributed by atoms with Crippen LogP contribution in [0.2, 0.25) is 10.0 Å². The van der Waals surface area contributed by atoms with Crippen molar-refractivity contribution in [2.75, 3.05) is 29.9 Å². The molecule has 3 aromatic rings. The summed E-state index contributed by atoms with van der Waals surface area (Å²) in [5.41, 5.74) is 2.18. The third kappa shape index (κ3) is 7.22. The van der Waals surface area contributed by atoms with E-state index < -0.39 is 5.91 Å². The molecule has 0 radical (unpaired) electrons. The number of hydrogen-bond donors (Lipinski definition) is 3. The van der Waals surface area contributed by atoms with E-state index in [0.717, 1.165) is 5.56 Å². The summed E-state index contributed by atoms with van der Waals surface area (Å²) in [7, 11) is 0. The number of furan rings is 1. The highest BCUT2D eigenvalue weighted by molar-refractivity contribution is 6.35. The number of nitrogens with one attached hydrogen (secondary N) is 3. The lowest BCUT2D eigenvalue weighted by molar-refractivity contribution is 0.0952. The summed E-state index contributed by atoms with van der Waals surface area (Å²) in [6, 6.07) is 13.1. The van der Waals surface area contributed by atoms with Gasteiger partial charge in [0.15, 0.2) is 5.76 Å². The summed E-state index contributed by atoms with van der Waals surface area (Å²) < 4.78 is 5.22. The molecule has 0 saturated heterocycles. The number of benzene rings is 2. The van der Waals surface area contributed by atoms with E-state index in [1.165, 1.54) is 11.2 Å². The number of carbonyl (C=O) groups excluding carboxylic acids is 3. The minimum Gasteiger partial charge on any atom is -0.459 e. The molecule has 0 aliphatic carbocycles. The zero-order chi connectivity index (χ0) is 27.8. The number of urea groups is 1. The SMILES string of the molecule is CCNC(=O)N1C=CN(c2ccc(C(=O)NCCc3ccc(Cl)cc3Cl)cc2NC(=O)c2ccco2)C=CC1. The molecule has 1 aliphatic heterocycles. The number of hydrogen-bond acceptors (Lipinski definition) is 5. The van der Waals surface area contributed by atoms with E-state index in [4.69, 9.17) is 27.6 Å². The zero-order valence-corrected chi connectivity index (χ0v) is 22.6. The van der Waals surface area contributed by atoms with Crippen LogP contribution in [-0.4, -0.2) is 42.4 Å². The summed E-state index contributed by atoms with van der Waals surface area (Å²) >= 11 is 12.2. The van der Waals surface area contributed by atoms with Crippen LogP contribution in [0.25, 0.3) is 0 Å². The Hall–Kier alpha value is -4.21. The molecule has 4 rings (SSSR count). The van der Waals surface area contributed by atoms with E-state index >= 15 is 0 Å². The molecule has 202 valence electrons. The first-order chi connectivity index (χ1) is 18.9. The smallest absolute Gasteiger partial charge is 0.321 e. The second-order valence-corrected chi connectivity index (χ2v) is 9.33. The lowest BCUT2D eigenvalue weighted by Gasteiger charge is -2.20. The number of anilines is 2. The van der Waals surface area contributed by atoms with Crippen molar-refractivity contribution in [3.05, 3.63) is 106 Å². The fraction of sp³-hybridized carbons (Fsp3) is 0.179. The summed E-state index contributed by atoms with van der Waals surface area (Å²) in [5, 5.41) is 9.55. The van der Waals surface area contributed by atoms with Gasteiger partial charge in [-0.2, -0.15) is 0 Å². The van der Waals surface area contributed by atoms with E-state index in [9.17, 15) is 14.4 Å². The van der Waals surface area contributed by atoms with Crippen molar-refractivity contribution < 1.29 is 18.8 Å². The third-order valence-electron chi connectivity index (χ3n) is 5.79. The zero-order valence-electron chi connectivity index (χ0n) is 21.1. The van der Waals surface area contributed by atoms with Crippen LogP contribution in [0.1, 0.15) is 33.4 Å². The normalized spacial score (nSPS) is 12.7. The Labute approximate surface area is 236 Å². The number of carbonyl (C=O) groups is 3. The molecular weight excluding hydrogens is 541 g/mol. The minimum atomic E-state index is -0.470. The molecule has 11 heteroatoms. The summed E-state index contributed by atoms with van der Waals surface area (Å²) in [6.45, 7) is 3.07. The average Bonchev–Trinajstić information content (AvgIpc) is 3.35. The van der Waals surface area contributed by atoms with E-state index in [2.05, 4.69) is 16.0 Å². The molecule has 9 nitrogen and oxygen atoms in total. The van der Waals surface area contributed by atoms with Gasteiger partial charge in [0.2, 0.25) is 0 Å². The van der Waals surface area contributed by atoms with Crippen LogP contribution in [0, 0.1) is 0 Å². The predicted molar refractivity (Wildman–Crippen MR) is 152 cm³/mol. The highest BCUT2D eigenvalue weighted by Crippen LogP contribution is 2.30. The lowest BCUT2D eigenvalue weighted by Crippen LogP contribution is -2.36. The van der Waals surface area contributed by atoms with Gasteiger partial charge < -0.3 is 25.3 Å². The van der Waals surface area contributed by atoms with Crippen molar-refractivity contribution in [2.45, 2.75) is 13.3 Å². The molecule has 1 aromatic heterocycles. The maximum Gasteiger partial charge on any atom is 0.321 e. The fourth-order valence-corrected chi connectivity index (χ4v) is 4.34. The lowest BCUT2D eigenvalue weighted by atomic mass is 10.1. The second kappa shape index (κ2) is 13.0. The van der Waals surface area contributed by atoms with Gasteiger partial charge in [0.25, 0.3) is 11.8 Å². The molecule has 39 heavy (non-hydrogen) atoms. The molecule has 0 saturated carbocycles. The number of halogens is 2. The summed E-state index contributed by atoms with van der Waals surface area (Å²) in [6.07, 6.45) is 8.87. The molecule has 0 atom stereocenters. The highest BCUT2D eigenvalue weighted by atomic mass is 35.5. The van der Waals surface area contributed by atoms with Crippen LogP contribution in [-0.2, 0) is 6.42 Å². The van der Waals surface area contributed by atoms with Gasteiger partial charge in [0.05, 0.1) is 17.6 Å². The Bertz CT molecular complexity index is 1400. The molecule has 2 heterocycles. The Morgan fingerprint density at radius 3 is 2.56 bits per heavy atom. The molecule has 0 spiro atoms. The van der Waals surface area contributed by atoms with Crippen LogP contribution in [0.3, 0.4) is 0 Å². The Balaban J connectivity index is 1.54. The highest BCUT2D eigenvalue weighted by Gasteiger charge is 2.18. The van der Waals surface area contributed by atoms with E-state index in [-0.39, 0.29) is 17.7 Å². The summed E-state index contributed by atoms with van der Waals surface area (Å²) in [5.74, 6) is -0.660. The van der Waals surface area contributed by atoms with E-state index in [1.54, 1.807) is 66.0 Å². The first-order valence-electron chi connectivity index (χ1n) is 12.2. The number of amides is 4. The van der Waals surface area contributed by atoms with Crippen molar-refractivity contribution in [2.24, 2.45) is 0 Å². The van der Waals surface area contributed by atoms with Gasteiger partial charge in [-0.3, -0.25) is 14.5 Å². The fourth-order valence-electron chi connectivity index (χ4n) is 3.83. The molecular formula is C28H27Cl2N5O4. The van der Waals surface area contributed by atoms with Gasteiger partial charge in [-0.05, 0) is 67.4 Å². The quantitative estimate of drug-likeness (QED) is 0.326. The maximum absolute atomic E-state index is 13.0.